The van der Waals surface area contributed by atoms with E-state index in [1.807, 2.05) is 47.7 Å². The summed E-state index contributed by atoms with van der Waals surface area (Å²) in [5.74, 6) is 0. The average molecular weight is 216 g/mol. The van der Waals surface area contributed by atoms with Gasteiger partial charge in [-0.3, -0.25) is 0 Å². The van der Waals surface area contributed by atoms with Gasteiger partial charge in [-0.2, -0.15) is 0 Å². The molecule has 0 aromatic heterocycles. The number of rotatable bonds is 2. The van der Waals surface area contributed by atoms with Gasteiger partial charge in [-0.15, -0.1) is 0 Å². The van der Waals surface area contributed by atoms with E-state index in [4.69, 9.17) is 12.2 Å². The molecule has 0 atom stereocenters. The zero-order chi connectivity index (χ0) is 10.5. The molecule has 3 heteroatoms. The van der Waals surface area contributed by atoms with E-state index in [1.54, 1.807) is 0 Å². The van der Waals surface area contributed by atoms with E-state index < -0.39 is 0 Å². The molecule has 2 rings (SSSR count). The molecule has 76 valence electrons. The Morgan fingerprint density at radius 2 is 2.07 bits per heavy atom. The molecular weight excluding hydrogens is 204 g/mol. The van der Waals surface area contributed by atoms with E-state index in [1.165, 1.54) is 5.56 Å². The molecule has 1 heterocycles. The van der Waals surface area contributed by atoms with Gasteiger partial charge in [0, 0.05) is 18.9 Å². The van der Waals surface area contributed by atoms with Crippen molar-refractivity contribution in [3.8, 4) is 0 Å². The third kappa shape index (κ3) is 2.67. The van der Waals surface area contributed by atoms with Crippen molar-refractivity contribution in [1.29, 1.82) is 0 Å². The molecule has 1 aromatic rings. The largest absolute Gasteiger partial charge is 0.358 e. The summed E-state index contributed by atoms with van der Waals surface area (Å²) in [6.45, 7) is 0.814. The summed E-state index contributed by atoms with van der Waals surface area (Å²) >= 11 is 5.15. The van der Waals surface area contributed by atoms with E-state index in [0.717, 1.165) is 11.7 Å². The topological polar surface area (TPSA) is 15.3 Å². The third-order valence-electron chi connectivity index (χ3n) is 2.10. The summed E-state index contributed by atoms with van der Waals surface area (Å²) in [6.07, 6.45) is 7.99. The predicted molar refractivity (Wildman–Crippen MR) is 67.1 cm³/mol. The van der Waals surface area contributed by atoms with Crippen LogP contribution in [0.15, 0.2) is 48.8 Å². The Morgan fingerprint density at radius 3 is 2.80 bits per heavy atom. The lowest BCUT2D eigenvalue weighted by Gasteiger charge is -2.21. The average Bonchev–Trinajstić information content (AvgIpc) is 2.29. The summed E-state index contributed by atoms with van der Waals surface area (Å²) in [5, 5.41) is 3.83. The zero-order valence-electron chi connectivity index (χ0n) is 8.26. The van der Waals surface area contributed by atoms with Gasteiger partial charge in [-0.25, -0.2) is 0 Å². The van der Waals surface area contributed by atoms with Gasteiger partial charge < -0.3 is 10.2 Å². The van der Waals surface area contributed by atoms with E-state index >= 15 is 0 Å². The monoisotopic (exact) mass is 216 g/mol. The van der Waals surface area contributed by atoms with Gasteiger partial charge in [0.1, 0.15) is 0 Å². The van der Waals surface area contributed by atoms with Crippen LogP contribution in [-0.4, -0.2) is 16.6 Å². The summed E-state index contributed by atoms with van der Waals surface area (Å²) in [6, 6.07) is 10.1. The number of nitrogens with zero attached hydrogens (tertiary/aromatic N) is 1. The predicted octanol–water partition coefficient (Wildman–Crippen LogP) is 2.36. The molecule has 0 unspecified atom stereocenters. The van der Waals surface area contributed by atoms with Gasteiger partial charge in [0.05, 0.1) is 0 Å². The summed E-state index contributed by atoms with van der Waals surface area (Å²) in [4.78, 5) is 1.89. The van der Waals surface area contributed by atoms with Crippen LogP contribution in [0.4, 0.5) is 0 Å². The van der Waals surface area contributed by atoms with Crippen LogP contribution in [0.25, 0.3) is 6.08 Å². The van der Waals surface area contributed by atoms with Crippen LogP contribution in [0.3, 0.4) is 0 Å². The zero-order valence-corrected chi connectivity index (χ0v) is 9.08. The summed E-state index contributed by atoms with van der Waals surface area (Å²) in [5.41, 5.74) is 1.17. The highest BCUT2D eigenvalue weighted by Crippen LogP contribution is 2.04. The Morgan fingerprint density at radius 1 is 1.27 bits per heavy atom. The Balaban J connectivity index is 2.08. The van der Waals surface area contributed by atoms with Crippen LogP contribution in [0, 0.1) is 0 Å². The summed E-state index contributed by atoms with van der Waals surface area (Å²) in [7, 11) is 0. The van der Waals surface area contributed by atoms with Gasteiger partial charge in [-0.1, -0.05) is 30.3 Å². The fraction of sp³-hybridized carbons (Fsp3) is 0.0833. The maximum Gasteiger partial charge on any atom is 0.177 e. The maximum absolute atomic E-state index is 5.15. The number of benzene rings is 1. The minimum absolute atomic E-state index is 0.740. The molecule has 15 heavy (non-hydrogen) atoms. The Kier molecular flexibility index (Phi) is 3.15. The second-order valence-corrected chi connectivity index (χ2v) is 3.59. The highest BCUT2D eigenvalue weighted by Gasteiger charge is 2.04. The lowest BCUT2D eigenvalue weighted by molar-refractivity contribution is 0.705. The van der Waals surface area contributed by atoms with Gasteiger partial charge in [0.2, 0.25) is 0 Å². The molecule has 0 saturated heterocycles. The second-order valence-electron chi connectivity index (χ2n) is 3.20. The van der Waals surface area contributed by atoms with Crippen LogP contribution >= 0.6 is 12.2 Å². The van der Waals surface area contributed by atoms with Gasteiger partial charge >= 0.3 is 0 Å². The molecular formula is C12H12N2S. The minimum Gasteiger partial charge on any atom is -0.358 e. The number of hydrogen-bond acceptors (Lipinski definition) is 1. The van der Waals surface area contributed by atoms with Crippen LogP contribution in [0.1, 0.15) is 5.56 Å². The van der Waals surface area contributed by atoms with E-state index in [-0.39, 0.29) is 0 Å². The standard InChI is InChI=1S/C12H12N2S/c15-12-13-8-4-9-14(12)10-7-11-5-2-1-3-6-11/h1-7,9-10H,8H2,(H,13,15). The smallest absolute Gasteiger partial charge is 0.177 e. The summed E-state index contributed by atoms with van der Waals surface area (Å²) < 4.78 is 0. The van der Waals surface area contributed by atoms with Gasteiger partial charge in [0.25, 0.3) is 0 Å². The minimum atomic E-state index is 0.740. The van der Waals surface area contributed by atoms with Crippen molar-refractivity contribution in [3.63, 3.8) is 0 Å². The molecule has 1 aliphatic heterocycles. The van der Waals surface area contributed by atoms with E-state index in [9.17, 15) is 0 Å². The molecule has 0 spiro atoms. The quantitative estimate of drug-likeness (QED) is 0.764. The van der Waals surface area contributed by atoms with Crippen molar-refractivity contribution in [3.05, 3.63) is 54.4 Å². The van der Waals surface area contributed by atoms with Crippen LogP contribution in [0.5, 0.6) is 0 Å². The third-order valence-corrected chi connectivity index (χ3v) is 2.45. The molecule has 1 N–H and O–H groups in total. The van der Waals surface area contributed by atoms with Crippen molar-refractivity contribution in [2.45, 2.75) is 0 Å². The number of thiocarbonyl (C=S) groups is 1. The normalized spacial score (nSPS) is 15.7. The van der Waals surface area contributed by atoms with Crippen molar-refractivity contribution >= 4 is 23.4 Å². The van der Waals surface area contributed by atoms with Crippen LogP contribution in [0.2, 0.25) is 0 Å². The maximum atomic E-state index is 5.15. The van der Waals surface area contributed by atoms with Crippen LogP contribution < -0.4 is 5.32 Å². The fourth-order valence-electron chi connectivity index (χ4n) is 1.32. The molecule has 0 saturated carbocycles. The second kappa shape index (κ2) is 4.75. The lowest BCUT2D eigenvalue weighted by Crippen LogP contribution is -2.36. The van der Waals surface area contributed by atoms with Crippen molar-refractivity contribution in [2.75, 3.05) is 6.54 Å². The Bertz CT molecular complexity index is 395. The fourth-order valence-corrected chi connectivity index (χ4v) is 1.52. The van der Waals surface area contributed by atoms with E-state index in [0.29, 0.717) is 0 Å². The molecule has 1 aromatic carbocycles. The SMILES string of the molecule is S=C1NCC=CN1C=Cc1ccccc1. The highest BCUT2D eigenvalue weighted by molar-refractivity contribution is 7.80. The van der Waals surface area contributed by atoms with Crippen molar-refractivity contribution in [1.82, 2.24) is 10.2 Å². The number of nitrogens with one attached hydrogen (secondary N) is 1. The highest BCUT2D eigenvalue weighted by atomic mass is 32.1. The van der Waals surface area contributed by atoms with E-state index in [2.05, 4.69) is 17.4 Å². The van der Waals surface area contributed by atoms with Crippen molar-refractivity contribution < 1.29 is 0 Å². The molecule has 0 aliphatic carbocycles. The first-order chi connectivity index (χ1) is 7.36. The van der Waals surface area contributed by atoms with Gasteiger partial charge in [-0.05, 0) is 29.9 Å². The molecule has 0 radical (unpaired) electrons. The Labute approximate surface area is 94.9 Å². The molecule has 0 amide bonds. The van der Waals surface area contributed by atoms with Crippen molar-refractivity contribution in [2.24, 2.45) is 0 Å². The Hall–Kier alpha value is -1.61. The van der Waals surface area contributed by atoms with Gasteiger partial charge in [0.15, 0.2) is 5.11 Å². The molecule has 1 aliphatic rings. The molecule has 0 fully saturated rings. The molecule has 2 nitrogen and oxygen atoms in total. The first kappa shape index (κ1) is 9.93. The lowest BCUT2D eigenvalue weighted by atomic mass is 10.2. The van der Waals surface area contributed by atoms with Crippen LogP contribution in [-0.2, 0) is 0 Å². The molecule has 0 bridgehead atoms. The first-order valence-corrected chi connectivity index (χ1v) is 5.23. The number of hydrogen-bond donors (Lipinski definition) is 1. The first-order valence-electron chi connectivity index (χ1n) is 4.82.